The second kappa shape index (κ2) is 8.30. The van der Waals surface area contributed by atoms with Crippen LogP contribution in [-0.2, 0) is 0 Å². The molecule has 4 aromatic rings. The third-order valence-corrected chi connectivity index (χ3v) is 5.11. The van der Waals surface area contributed by atoms with Crippen LogP contribution in [0.1, 0.15) is 10.4 Å². The van der Waals surface area contributed by atoms with Crippen LogP contribution in [0.2, 0.25) is 0 Å². The molecular formula is C22H15BrN4O3. The minimum absolute atomic E-state index is 0.0730. The number of benzene rings is 3. The molecule has 8 heteroatoms. The minimum Gasteiger partial charge on any atom is -0.306 e. The third kappa shape index (κ3) is 3.99. The summed E-state index contributed by atoms with van der Waals surface area (Å²) in [7, 11) is 0. The normalized spacial score (nSPS) is 10.6. The van der Waals surface area contributed by atoms with Gasteiger partial charge in [0.1, 0.15) is 5.82 Å². The van der Waals surface area contributed by atoms with Crippen molar-refractivity contribution in [2.24, 2.45) is 0 Å². The highest BCUT2D eigenvalue weighted by Gasteiger charge is 2.17. The molecule has 0 aliphatic heterocycles. The zero-order valence-corrected chi connectivity index (χ0v) is 17.1. The van der Waals surface area contributed by atoms with E-state index in [0.29, 0.717) is 17.1 Å². The zero-order chi connectivity index (χ0) is 21.1. The molecule has 148 valence electrons. The van der Waals surface area contributed by atoms with Gasteiger partial charge in [0.05, 0.1) is 16.3 Å². The molecule has 0 aliphatic rings. The molecule has 3 aromatic carbocycles. The number of hydrogen-bond donors (Lipinski definition) is 1. The highest BCUT2D eigenvalue weighted by atomic mass is 79.9. The van der Waals surface area contributed by atoms with Crippen LogP contribution in [0.3, 0.4) is 0 Å². The Morgan fingerprint density at radius 2 is 1.63 bits per heavy atom. The number of rotatable bonds is 5. The van der Waals surface area contributed by atoms with Gasteiger partial charge < -0.3 is 5.32 Å². The van der Waals surface area contributed by atoms with Gasteiger partial charge in [0.2, 0.25) is 0 Å². The lowest BCUT2D eigenvalue weighted by molar-refractivity contribution is -0.384. The number of carbonyl (C=O) groups is 1. The molecule has 1 heterocycles. The lowest BCUT2D eigenvalue weighted by atomic mass is 10.1. The van der Waals surface area contributed by atoms with E-state index in [4.69, 9.17) is 0 Å². The molecule has 30 heavy (non-hydrogen) atoms. The maximum atomic E-state index is 12.8. The third-order valence-electron chi connectivity index (χ3n) is 4.44. The van der Waals surface area contributed by atoms with Crippen LogP contribution in [0.4, 0.5) is 11.5 Å². The van der Waals surface area contributed by atoms with Crippen LogP contribution >= 0.6 is 15.9 Å². The van der Waals surface area contributed by atoms with Gasteiger partial charge in [-0.1, -0.05) is 42.5 Å². The number of para-hydroxylation sites is 1. The van der Waals surface area contributed by atoms with E-state index >= 15 is 0 Å². The summed E-state index contributed by atoms with van der Waals surface area (Å²) in [5.74, 6) is 0.0850. The number of aromatic nitrogens is 2. The lowest BCUT2D eigenvalue weighted by Gasteiger charge is -2.10. The molecule has 1 amide bonds. The van der Waals surface area contributed by atoms with Crippen LogP contribution in [0.5, 0.6) is 0 Å². The summed E-state index contributed by atoms with van der Waals surface area (Å²) in [5, 5.41) is 18.4. The molecule has 0 fully saturated rings. The van der Waals surface area contributed by atoms with Crippen LogP contribution in [0.15, 0.2) is 89.4 Å². The predicted octanol–water partition coefficient (Wildman–Crippen LogP) is 5.46. The molecular weight excluding hydrogens is 448 g/mol. The van der Waals surface area contributed by atoms with Gasteiger partial charge >= 0.3 is 0 Å². The van der Waals surface area contributed by atoms with Gasteiger partial charge in [0.15, 0.2) is 0 Å². The van der Waals surface area contributed by atoms with Crippen molar-refractivity contribution in [1.82, 2.24) is 9.78 Å². The maximum absolute atomic E-state index is 12.8. The first-order valence-electron chi connectivity index (χ1n) is 8.99. The molecule has 0 aliphatic carbocycles. The molecule has 4 rings (SSSR count). The summed E-state index contributed by atoms with van der Waals surface area (Å²) < 4.78 is 2.47. The minimum atomic E-state index is -0.504. The first kappa shape index (κ1) is 19.5. The monoisotopic (exact) mass is 462 g/mol. The van der Waals surface area contributed by atoms with E-state index in [1.165, 1.54) is 24.3 Å². The zero-order valence-electron chi connectivity index (χ0n) is 15.5. The highest BCUT2D eigenvalue weighted by molar-refractivity contribution is 9.10. The second-order valence-electron chi connectivity index (χ2n) is 6.40. The number of nitrogens with zero attached hydrogens (tertiary/aromatic N) is 3. The van der Waals surface area contributed by atoms with E-state index in [9.17, 15) is 14.9 Å². The van der Waals surface area contributed by atoms with Crippen LogP contribution in [0.25, 0.3) is 16.9 Å². The van der Waals surface area contributed by atoms with Gasteiger partial charge in [-0.05, 0) is 40.2 Å². The summed E-state index contributed by atoms with van der Waals surface area (Å²) in [4.78, 5) is 23.1. The van der Waals surface area contributed by atoms with E-state index in [2.05, 4.69) is 26.3 Å². The predicted molar refractivity (Wildman–Crippen MR) is 118 cm³/mol. The molecule has 0 unspecified atom stereocenters. The molecule has 7 nitrogen and oxygen atoms in total. The molecule has 0 atom stereocenters. The number of carbonyl (C=O) groups excluding carboxylic acids is 1. The number of nitro groups is 1. The van der Waals surface area contributed by atoms with Crippen LogP contribution in [-0.4, -0.2) is 20.6 Å². The number of amides is 1. The van der Waals surface area contributed by atoms with E-state index < -0.39 is 10.8 Å². The summed E-state index contributed by atoms with van der Waals surface area (Å²) >= 11 is 3.53. The maximum Gasteiger partial charge on any atom is 0.269 e. The Balaban J connectivity index is 1.72. The van der Waals surface area contributed by atoms with Gasteiger partial charge in [-0.15, -0.1) is 0 Å². The number of halogens is 1. The number of hydrogen-bond acceptors (Lipinski definition) is 4. The summed E-state index contributed by atoms with van der Waals surface area (Å²) in [6.07, 6.45) is 0. The lowest BCUT2D eigenvalue weighted by Crippen LogP contribution is -2.15. The number of nitrogens with one attached hydrogen (secondary N) is 1. The number of nitro benzene ring substituents is 1. The summed E-state index contributed by atoms with van der Waals surface area (Å²) in [6, 6.07) is 24.4. The quantitative estimate of drug-likeness (QED) is 0.314. The standard InChI is InChI=1S/C22H15BrN4O3/c23-18-8-4-5-9-20(18)26-21(14-19(25-26)15-6-2-1-3-7-15)24-22(28)16-10-12-17(13-11-16)27(29)30/h1-14H,(H,24,28). The van der Waals surface area contributed by atoms with Gasteiger partial charge in [-0.25, -0.2) is 4.68 Å². The smallest absolute Gasteiger partial charge is 0.269 e. The van der Waals surface area contributed by atoms with E-state index in [-0.39, 0.29) is 5.69 Å². The Kier molecular flexibility index (Phi) is 5.40. The van der Waals surface area contributed by atoms with E-state index in [1.807, 2.05) is 54.6 Å². The van der Waals surface area contributed by atoms with Crippen LogP contribution in [0, 0.1) is 10.1 Å². The Morgan fingerprint density at radius 1 is 0.967 bits per heavy atom. The fourth-order valence-electron chi connectivity index (χ4n) is 2.95. The molecule has 0 saturated carbocycles. The average molecular weight is 463 g/mol. The Morgan fingerprint density at radius 3 is 2.30 bits per heavy atom. The van der Waals surface area contributed by atoms with Crippen molar-refractivity contribution in [2.45, 2.75) is 0 Å². The van der Waals surface area contributed by atoms with Crippen molar-refractivity contribution in [2.75, 3.05) is 5.32 Å². The number of non-ortho nitro benzene ring substituents is 1. The summed E-state index contributed by atoms with van der Waals surface area (Å²) in [6.45, 7) is 0. The first-order chi connectivity index (χ1) is 14.5. The Bertz CT molecular complexity index is 1220. The highest BCUT2D eigenvalue weighted by Crippen LogP contribution is 2.28. The largest absolute Gasteiger partial charge is 0.306 e. The molecule has 1 N–H and O–H groups in total. The van der Waals surface area contributed by atoms with Crippen molar-refractivity contribution in [3.05, 3.63) is 105 Å². The van der Waals surface area contributed by atoms with Crippen molar-refractivity contribution in [1.29, 1.82) is 0 Å². The molecule has 1 aromatic heterocycles. The number of anilines is 1. The van der Waals surface area contributed by atoms with E-state index in [1.54, 1.807) is 10.7 Å². The fraction of sp³-hybridized carbons (Fsp3) is 0. The van der Waals surface area contributed by atoms with Gasteiger partial charge in [-0.3, -0.25) is 14.9 Å². The van der Waals surface area contributed by atoms with Gasteiger partial charge in [-0.2, -0.15) is 5.10 Å². The van der Waals surface area contributed by atoms with E-state index in [0.717, 1.165) is 15.7 Å². The summed E-state index contributed by atoms with van der Waals surface area (Å²) in [5.41, 5.74) is 2.61. The van der Waals surface area contributed by atoms with Crippen molar-refractivity contribution < 1.29 is 9.72 Å². The Hall–Kier alpha value is -3.78. The molecule has 0 saturated heterocycles. The van der Waals surface area contributed by atoms with Crippen molar-refractivity contribution in [3.8, 4) is 16.9 Å². The fourth-order valence-corrected chi connectivity index (χ4v) is 3.40. The van der Waals surface area contributed by atoms with Gasteiger partial charge in [0, 0.05) is 33.8 Å². The van der Waals surface area contributed by atoms with Crippen molar-refractivity contribution in [3.63, 3.8) is 0 Å². The van der Waals surface area contributed by atoms with Gasteiger partial charge in [0.25, 0.3) is 11.6 Å². The molecule has 0 radical (unpaired) electrons. The molecule has 0 bridgehead atoms. The Labute approximate surface area is 180 Å². The second-order valence-corrected chi connectivity index (χ2v) is 7.26. The average Bonchev–Trinajstić information content (AvgIpc) is 3.18. The molecule has 0 spiro atoms. The SMILES string of the molecule is O=C(Nc1cc(-c2ccccc2)nn1-c1ccccc1Br)c1ccc([N+](=O)[O-])cc1. The van der Waals surface area contributed by atoms with Crippen LogP contribution < -0.4 is 5.32 Å². The van der Waals surface area contributed by atoms with Crippen molar-refractivity contribution >= 4 is 33.3 Å². The topological polar surface area (TPSA) is 90.1 Å². The first-order valence-corrected chi connectivity index (χ1v) is 9.78.